The van der Waals surface area contributed by atoms with Crippen molar-refractivity contribution in [2.24, 2.45) is 0 Å². The third kappa shape index (κ3) is 7.04. The first kappa shape index (κ1) is 21.6. The molecule has 1 saturated carbocycles. The van der Waals surface area contributed by atoms with E-state index in [0.29, 0.717) is 11.3 Å². The summed E-state index contributed by atoms with van der Waals surface area (Å²) in [4.78, 5) is 17.1. The highest BCUT2D eigenvalue weighted by Gasteiger charge is 2.19. The standard InChI is InChI=1S/C21H26N2O4S2/c1-29(25,26)27-18-11-9-16(10-12-18)13-15-28-21-19(8-5-14-22-21)20(24)23-17-6-3-2-4-7-17/h5,8-12,14,17H,2-4,6-7,13,15H2,1H3,(H,23,24). The van der Waals surface area contributed by atoms with Crippen LogP contribution >= 0.6 is 11.8 Å². The number of amides is 1. The van der Waals surface area contributed by atoms with Gasteiger partial charge in [0.2, 0.25) is 0 Å². The number of aromatic nitrogens is 1. The lowest BCUT2D eigenvalue weighted by Crippen LogP contribution is -2.36. The number of carbonyl (C=O) groups excluding carboxylic acids is 1. The number of nitrogens with zero attached hydrogens (tertiary/aromatic N) is 1. The molecule has 8 heteroatoms. The molecule has 0 atom stereocenters. The van der Waals surface area contributed by atoms with Crippen molar-refractivity contribution in [3.8, 4) is 5.75 Å². The third-order valence-electron chi connectivity index (χ3n) is 4.76. The van der Waals surface area contributed by atoms with Crippen LogP contribution in [0.3, 0.4) is 0 Å². The lowest BCUT2D eigenvalue weighted by molar-refractivity contribution is 0.0924. The predicted molar refractivity (Wildman–Crippen MR) is 115 cm³/mol. The Morgan fingerprint density at radius 3 is 2.59 bits per heavy atom. The monoisotopic (exact) mass is 434 g/mol. The summed E-state index contributed by atoms with van der Waals surface area (Å²) in [5, 5.41) is 3.89. The fourth-order valence-electron chi connectivity index (χ4n) is 3.34. The molecule has 0 spiro atoms. The zero-order chi connectivity index (χ0) is 20.7. The maximum Gasteiger partial charge on any atom is 0.306 e. The van der Waals surface area contributed by atoms with Crippen LogP contribution in [0.15, 0.2) is 47.6 Å². The zero-order valence-electron chi connectivity index (χ0n) is 16.5. The van der Waals surface area contributed by atoms with Crippen molar-refractivity contribution in [2.75, 3.05) is 12.0 Å². The molecule has 29 heavy (non-hydrogen) atoms. The Hall–Kier alpha value is -2.06. The first-order valence-corrected chi connectivity index (χ1v) is 12.6. The summed E-state index contributed by atoms with van der Waals surface area (Å²) in [7, 11) is -3.52. The maximum absolute atomic E-state index is 12.7. The average molecular weight is 435 g/mol. The zero-order valence-corrected chi connectivity index (χ0v) is 18.1. The van der Waals surface area contributed by atoms with Crippen LogP contribution in [0.25, 0.3) is 0 Å². The van der Waals surface area contributed by atoms with Gasteiger partial charge in [-0.15, -0.1) is 11.8 Å². The molecule has 1 aromatic heterocycles. The first-order chi connectivity index (χ1) is 13.9. The minimum Gasteiger partial charge on any atom is -0.383 e. The normalized spacial score (nSPS) is 15.1. The van der Waals surface area contributed by atoms with Gasteiger partial charge in [-0.1, -0.05) is 31.4 Å². The SMILES string of the molecule is CS(=O)(=O)Oc1ccc(CCSc2ncccc2C(=O)NC2CCCCC2)cc1. The second-order valence-corrected chi connectivity index (χ2v) is 9.85. The molecular formula is C21H26N2O4S2. The molecule has 0 bridgehead atoms. The number of pyridine rings is 1. The lowest BCUT2D eigenvalue weighted by atomic mass is 9.95. The molecule has 0 aliphatic heterocycles. The Balaban J connectivity index is 1.55. The van der Waals surface area contributed by atoms with Crippen LogP contribution in [-0.4, -0.2) is 37.4 Å². The van der Waals surface area contributed by atoms with Gasteiger partial charge in [-0.05, 0) is 49.1 Å². The smallest absolute Gasteiger partial charge is 0.306 e. The molecule has 1 amide bonds. The van der Waals surface area contributed by atoms with Gasteiger partial charge in [-0.3, -0.25) is 4.79 Å². The lowest BCUT2D eigenvalue weighted by Gasteiger charge is -2.23. The number of nitrogens with one attached hydrogen (secondary N) is 1. The third-order valence-corrected chi connectivity index (χ3v) is 6.26. The molecule has 6 nitrogen and oxygen atoms in total. The van der Waals surface area contributed by atoms with E-state index in [-0.39, 0.29) is 11.9 Å². The summed E-state index contributed by atoms with van der Waals surface area (Å²) in [5.41, 5.74) is 1.68. The van der Waals surface area contributed by atoms with E-state index in [2.05, 4.69) is 10.3 Å². The van der Waals surface area contributed by atoms with Crippen molar-refractivity contribution in [3.63, 3.8) is 0 Å². The molecule has 2 aromatic rings. The Morgan fingerprint density at radius 1 is 1.17 bits per heavy atom. The van der Waals surface area contributed by atoms with Crippen molar-refractivity contribution >= 4 is 27.8 Å². The fraction of sp³-hybridized carbons (Fsp3) is 0.429. The van der Waals surface area contributed by atoms with Gasteiger partial charge in [0, 0.05) is 18.0 Å². The highest BCUT2D eigenvalue weighted by atomic mass is 32.2. The van der Waals surface area contributed by atoms with Crippen molar-refractivity contribution in [2.45, 2.75) is 49.6 Å². The Kier molecular flexibility index (Phi) is 7.55. The molecule has 1 heterocycles. The summed E-state index contributed by atoms with van der Waals surface area (Å²) >= 11 is 1.55. The van der Waals surface area contributed by atoms with Gasteiger partial charge < -0.3 is 9.50 Å². The molecule has 0 saturated heterocycles. The summed E-state index contributed by atoms with van der Waals surface area (Å²) in [5.74, 6) is 1.01. The highest BCUT2D eigenvalue weighted by Crippen LogP contribution is 2.23. The van der Waals surface area contributed by atoms with E-state index >= 15 is 0 Å². The first-order valence-electron chi connectivity index (χ1n) is 9.78. The van der Waals surface area contributed by atoms with Crippen molar-refractivity contribution in [3.05, 3.63) is 53.7 Å². The van der Waals surface area contributed by atoms with Crippen LogP contribution in [0, 0.1) is 0 Å². The van der Waals surface area contributed by atoms with E-state index in [1.54, 1.807) is 36.2 Å². The largest absolute Gasteiger partial charge is 0.383 e. The van der Waals surface area contributed by atoms with Crippen molar-refractivity contribution in [1.82, 2.24) is 10.3 Å². The maximum atomic E-state index is 12.7. The number of aryl methyl sites for hydroxylation is 1. The van der Waals surface area contributed by atoms with E-state index in [0.717, 1.165) is 41.9 Å². The Bertz CT molecular complexity index is 924. The van der Waals surface area contributed by atoms with Crippen molar-refractivity contribution < 1.29 is 17.4 Å². The minimum atomic E-state index is -3.52. The summed E-state index contributed by atoms with van der Waals surface area (Å²) < 4.78 is 27.2. The molecule has 1 fully saturated rings. The molecule has 1 aromatic carbocycles. The number of benzene rings is 1. The van der Waals surface area contributed by atoms with E-state index in [9.17, 15) is 13.2 Å². The number of rotatable bonds is 8. The van der Waals surface area contributed by atoms with E-state index in [1.807, 2.05) is 18.2 Å². The Labute approximate surface area is 176 Å². The van der Waals surface area contributed by atoms with Crippen LogP contribution in [-0.2, 0) is 16.5 Å². The minimum absolute atomic E-state index is 0.0465. The van der Waals surface area contributed by atoms with Gasteiger partial charge in [0.1, 0.15) is 10.8 Å². The van der Waals surface area contributed by atoms with E-state index < -0.39 is 10.1 Å². The van der Waals surface area contributed by atoms with Gasteiger partial charge in [0.15, 0.2) is 0 Å². The number of hydrogen-bond donors (Lipinski definition) is 1. The molecule has 156 valence electrons. The van der Waals surface area contributed by atoms with Gasteiger partial charge in [0.25, 0.3) is 5.91 Å². The van der Waals surface area contributed by atoms with Gasteiger partial charge >= 0.3 is 10.1 Å². The van der Waals surface area contributed by atoms with Gasteiger partial charge in [-0.25, -0.2) is 4.98 Å². The molecule has 0 unspecified atom stereocenters. The van der Waals surface area contributed by atoms with Crippen molar-refractivity contribution in [1.29, 1.82) is 0 Å². The summed E-state index contributed by atoms with van der Waals surface area (Å²) in [6.45, 7) is 0. The molecule has 1 aliphatic rings. The van der Waals surface area contributed by atoms with Gasteiger partial charge in [-0.2, -0.15) is 8.42 Å². The number of carbonyl (C=O) groups is 1. The molecular weight excluding hydrogens is 408 g/mol. The topological polar surface area (TPSA) is 85.4 Å². The van der Waals surface area contributed by atoms with E-state index in [1.165, 1.54) is 19.3 Å². The molecule has 1 aliphatic carbocycles. The van der Waals surface area contributed by atoms with E-state index in [4.69, 9.17) is 4.18 Å². The van der Waals surface area contributed by atoms with Gasteiger partial charge in [0.05, 0.1) is 11.8 Å². The number of thioether (sulfide) groups is 1. The molecule has 3 rings (SSSR count). The molecule has 1 N–H and O–H groups in total. The van der Waals surface area contributed by atoms with Crippen LogP contribution in [0.1, 0.15) is 48.0 Å². The van der Waals surface area contributed by atoms with Crippen LogP contribution in [0.4, 0.5) is 0 Å². The summed E-state index contributed by atoms with van der Waals surface area (Å²) in [6, 6.07) is 10.9. The predicted octanol–water partition coefficient (Wildman–Crippen LogP) is 3.82. The highest BCUT2D eigenvalue weighted by molar-refractivity contribution is 7.99. The fourth-order valence-corrected chi connectivity index (χ4v) is 4.78. The second kappa shape index (κ2) is 10.1. The Morgan fingerprint density at radius 2 is 1.90 bits per heavy atom. The second-order valence-electron chi connectivity index (χ2n) is 7.19. The van der Waals surface area contributed by atoms with Crippen LogP contribution in [0.5, 0.6) is 5.75 Å². The average Bonchev–Trinajstić information content (AvgIpc) is 2.69. The molecule has 0 radical (unpaired) electrons. The quantitative estimate of drug-likeness (QED) is 0.502. The summed E-state index contributed by atoms with van der Waals surface area (Å²) in [6.07, 6.45) is 9.19. The van der Waals surface area contributed by atoms with Crippen LogP contribution < -0.4 is 9.50 Å². The van der Waals surface area contributed by atoms with Crippen LogP contribution in [0.2, 0.25) is 0 Å². The number of hydrogen-bond acceptors (Lipinski definition) is 6.